The predicted molar refractivity (Wildman–Crippen MR) is 75.8 cm³/mol. The van der Waals surface area contributed by atoms with Crippen LogP contribution in [-0.4, -0.2) is 29.4 Å². The van der Waals surface area contributed by atoms with Crippen molar-refractivity contribution in [3.05, 3.63) is 34.9 Å². The van der Waals surface area contributed by atoms with Crippen molar-refractivity contribution in [1.82, 2.24) is 4.90 Å². The maximum atomic E-state index is 12.5. The van der Waals surface area contributed by atoms with E-state index in [0.717, 1.165) is 11.1 Å². The maximum Gasteiger partial charge on any atom is 0.254 e. The van der Waals surface area contributed by atoms with Crippen LogP contribution in [0.25, 0.3) is 0 Å². The fraction of sp³-hybridized carbons (Fsp3) is 0.533. The first kappa shape index (κ1) is 14.7. The van der Waals surface area contributed by atoms with E-state index < -0.39 is 0 Å². The van der Waals surface area contributed by atoms with Crippen molar-refractivity contribution in [2.75, 3.05) is 13.1 Å². The molecule has 18 heavy (non-hydrogen) atoms. The molecule has 0 aliphatic carbocycles. The molecule has 1 amide bonds. The summed E-state index contributed by atoms with van der Waals surface area (Å²) in [7, 11) is 0. The van der Waals surface area contributed by atoms with Crippen LogP contribution in [0.4, 0.5) is 0 Å². The van der Waals surface area contributed by atoms with Gasteiger partial charge in [0, 0.05) is 24.2 Å². The molecule has 2 N–H and O–H groups in total. The number of nitrogens with two attached hydrogens (primary N) is 1. The van der Waals surface area contributed by atoms with E-state index in [4.69, 9.17) is 5.73 Å². The minimum Gasteiger partial charge on any atom is -0.333 e. The van der Waals surface area contributed by atoms with Crippen molar-refractivity contribution in [3.63, 3.8) is 0 Å². The van der Waals surface area contributed by atoms with Gasteiger partial charge < -0.3 is 10.6 Å². The summed E-state index contributed by atoms with van der Waals surface area (Å²) in [4.78, 5) is 14.3. The SMILES string of the molecule is Cc1ccc(C(=O)N(CCN)C(C)(C)C)cc1C. The van der Waals surface area contributed by atoms with Gasteiger partial charge in [0.1, 0.15) is 0 Å². The number of rotatable bonds is 3. The van der Waals surface area contributed by atoms with Crippen LogP contribution in [0, 0.1) is 13.8 Å². The Kier molecular flexibility index (Phi) is 4.52. The van der Waals surface area contributed by atoms with Crippen LogP contribution in [0.2, 0.25) is 0 Å². The monoisotopic (exact) mass is 248 g/mol. The first-order chi connectivity index (χ1) is 8.27. The fourth-order valence-electron chi connectivity index (χ4n) is 1.90. The Morgan fingerprint density at radius 2 is 1.83 bits per heavy atom. The number of benzene rings is 1. The zero-order valence-corrected chi connectivity index (χ0v) is 12.1. The number of hydrogen-bond acceptors (Lipinski definition) is 2. The number of carbonyl (C=O) groups excluding carboxylic acids is 1. The lowest BCUT2D eigenvalue weighted by Crippen LogP contribution is -2.48. The van der Waals surface area contributed by atoms with Crippen molar-refractivity contribution < 1.29 is 4.79 Å². The van der Waals surface area contributed by atoms with E-state index in [-0.39, 0.29) is 11.4 Å². The Hall–Kier alpha value is -1.35. The van der Waals surface area contributed by atoms with E-state index in [9.17, 15) is 4.79 Å². The van der Waals surface area contributed by atoms with E-state index in [1.165, 1.54) is 5.56 Å². The lowest BCUT2D eigenvalue weighted by atomic mass is 10.0. The standard InChI is InChI=1S/C15H24N2O/c1-11-6-7-13(10-12(11)2)14(18)17(9-8-16)15(3,4)5/h6-7,10H,8-9,16H2,1-5H3. The lowest BCUT2D eigenvalue weighted by molar-refractivity contribution is 0.0591. The molecule has 1 aromatic carbocycles. The molecule has 0 aliphatic heterocycles. The average molecular weight is 248 g/mol. The topological polar surface area (TPSA) is 46.3 Å². The second-order valence-electron chi connectivity index (χ2n) is 5.72. The van der Waals surface area contributed by atoms with Gasteiger partial charge in [-0.3, -0.25) is 4.79 Å². The smallest absolute Gasteiger partial charge is 0.254 e. The number of hydrogen-bond donors (Lipinski definition) is 1. The highest BCUT2D eigenvalue weighted by molar-refractivity contribution is 5.95. The molecule has 0 unspecified atom stereocenters. The molecule has 0 aliphatic rings. The summed E-state index contributed by atoms with van der Waals surface area (Å²) in [5.74, 6) is 0.0519. The predicted octanol–water partition coefficient (Wildman–Crippen LogP) is 2.50. The quantitative estimate of drug-likeness (QED) is 0.893. The summed E-state index contributed by atoms with van der Waals surface area (Å²) in [5.41, 5.74) is 8.47. The van der Waals surface area contributed by atoms with Gasteiger partial charge in [-0.1, -0.05) is 6.07 Å². The Bertz CT molecular complexity index is 433. The minimum atomic E-state index is -0.213. The summed E-state index contributed by atoms with van der Waals surface area (Å²) in [6.45, 7) is 11.2. The molecule has 0 spiro atoms. The number of aryl methyl sites for hydroxylation is 2. The number of nitrogens with zero attached hydrogens (tertiary/aromatic N) is 1. The zero-order chi connectivity index (χ0) is 13.9. The molecule has 0 fully saturated rings. The summed E-state index contributed by atoms with van der Waals surface area (Å²) in [6, 6.07) is 5.83. The van der Waals surface area contributed by atoms with Crippen LogP contribution < -0.4 is 5.73 Å². The van der Waals surface area contributed by atoms with E-state index >= 15 is 0 Å². The highest BCUT2D eigenvalue weighted by atomic mass is 16.2. The Labute approximate surface area is 110 Å². The third kappa shape index (κ3) is 3.33. The number of amides is 1. The minimum absolute atomic E-state index is 0.0519. The third-order valence-corrected chi connectivity index (χ3v) is 3.16. The molecule has 0 heterocycles. The molecule has 3 heteroatoms. The molecule has 100 valence electrons. The van der Waals surface area contributed by atoms with Crippen molar-refractivity contribution >= 4 is 5.91 Å². The molecule has 0 atom stereocenters. The van der Waals surface area contributed by atoms with Crippen LogP contribution in [0.15, 0.2) is 18.2 Å². The first-order valence-electron chi connectivity index (χ1n) is 6.36. The van der Waals surface area contributed by atoms with Crippen molar-refractivity contribution in [3.8, 4) is 0 Å². The molecule has 0 saturated heterocycles. The van der Waals surface area contributed by atoms with Gasteiger partial charge in [0.05, 0.1) is 0 Å². The van der Waals surface area contributed by atoms with Gasteiger partial charge in [0.15, 0.2) is 0 Å². The Morgan fingerprint density at radius 3 is 2.28 bits per heavy atom. The second-order valence-corrected chi connectivity index (χ2v) is 5.72. The molecule has 0 saturated carbocycles. The van der Waals surface area contributed by atoms with Crippen LogP contribution in [0.5, 0.6) is 0 Å². The molecule has 1 aromatic rings. The highest BCUT2D eigenvalue weighted by Gasteiger charge is 2.26. The maximum absolute atomic E-state index is 12.5. The summed E-state index contributed by atoms with van der Waals surface area (Å²) >= 11 is 0. The van der Waals surface area contributed by atoms with Gasteiger partial charge in [-0.25, -0.2) is 0 Å². The first-order valence-corrected chi connectivity index (χ1v) is 6.36. The second kappa shape index (κ2) is 5.53. The number of carbonyl (C=O) groups is 1. The largest absolute Gasteiger partial charge is 0.333 e. The molecule has 1 rings (SSSR count). The van der Waals surface area contributed by atoms with Gasteiger partial charge in [0.25, 0.3) is 5.91 Å². The van der Waals surface area contributed by atoms with Crippen LogP contribution in [0.1, 0.15) is 42.3 Å². The van der Waals surface area contributed by atoms with Gasteiger partial charge in [0.2, 0.25) is 0 Å². The van der Waals surface area contributed by atoms with Crippen LogP contribution in [-0.2, 0) is 0 Å². The van der Waals surface area contributed by atoms with E-state index in [0.29, 0.717) is 13.1 Å². The van der Waals surface area contributed by atoms with Gasteiger partial charge in [-0.15, -0.1) is 0 Å². The average Bonchev–Trinajstić information content (AvgIpc) is 2.27. The van der Waals surface area contributed by atoms with Crippen molar-refractivity contribution in [2.45, 2.75) is 40.2 Å². The van der Waals surface area contributed by atoms with E-state index in [1.807, 2.05) is 57.7 Å². The molecule has 0 radical (unpaired) electrons. The molecular weight excluding hydrogens is 224 g/mol. The summed E-state index contributed by atoms with van der Waals surface area (Å²) < 4.78 is 0. The van der Waals surface area contributed by atoms with Crippen LogP contribution >= 0.6 is 0 Å². The molecule has 3 nitrogen and oxygen atoms in total. The highest BCUT2D eigenvalue weighted by Crippen LogP contribution is 2.18. The van der Waals surface area contributed by atoms with Crippen molar-refractivity contribution in [1.29, 1.82) is 0 Å². The molecule has 0 bridgehead atoms. The van der Waals surface area contributed by atoms with E-state index in [2.05, 4.69) is 0 Å². The normalized spacial score (nSPS) is 11.4. The summed E-state index contributed by atoms with van der Waals surface area (Å²) in [5, 5.41) is 0. The lowest BCUT2D eigenvalue weighted by Gasteiger charge is -2.35. The summed E-state index contributed by atoms with van der Waals surface area (Å²) in [6.07, 6.45) is 0. The van der Waals surface area contributed by atoms with Gasteiger partial charge >= 0.3 is 0 Å². The zero-order valence-electron chi connectivity index (χ0n) is 12.1. The van der Waals surface area contributed by atoms with Crippen molar-refractivity contribution in [2.24, 2.45) is 5.73 Å². The van der Waals surface area contributed by atoms with Gasteiger partial charge in [-0.05, 0) is 57.9 Å². The third-order valence-electron chi connectivity index (χ3n) is 3.16. The molecule has 0 aromatic heterocycles. The van der Waals surface area contributed by atoms with E-state index in [1.54, 1.807) is 0 Å². The fourth-order valence-corrected chi connectivity index (χ4v) is 1.90. The van der Waals surface area contributed by atoms with Crippen LogP contribution in [0.3, 0.4) is 0 Å². The van der Waals surface area contributed by atoms with Gasteiger partial charge in [-0.2, -0.15) is 0 Å². The molecular formula is C15H24N2O. The Morgan fingerprint density at radius 1 is 1.22 bits per heavy atom. The Balaban J connectivity index is 3.06.